The third-order valence-electron chi connectivity index (χ3n) is 3.82. The molecule has 0 atom stereocenters. The SMILES string of the molecule is COc1ccc(NC(=O)c2noc3c2CCCC3)c(OC)c1. The summed E-state index contributed by atoms with van der Waals surface area (Å²) < 4.78 is 15.7. The number of ether oxygens (including phenoxy) is 2. The lowest BCUT2D eigenvalue weighted by Crippen LogP contribution is -2.16. The number of carbonyl (C=O) groups excluding carboxylic acids is 1. The van der Waals surface area contributed by atoms with Crippen molar-refractivity contribution >= 4 is 11.6 Å². The van der Waals surface area contributed by atoms with E-state index in [4.69, 9.17) is 14.0 Å². The molecule has 6 nitrogen and oxygen atoms in total. The van der Waals surface area contributed by atoms with Crippen molar-refractivity contribution in [1.82, 2.24) is 5.16 Å². The van der Waals surface area contributed by atoms with Gasteiger partial charge in [0, 0.05) is 18.1 Å². The van der Waals surface area contributed by atoms with E-state index in [9.17, 15) is 4.79 Å². The molecular formula is C16H18N2O4. The van der Waals surface area contributed by atoms with Crippen molar-refractivity contribution in [1.29, 1.82) is 0 Å². The van der Waals surface area contributed by atoms with Gasteiger partial charge < -0.3 is 19.3 Å². The van der Waals surface area contributed by atoms with Crippen LogP contribution in [0.1, 0.15) is 34.7 Å². The molecule has 0 aliphatic heterocycles. The Morgan fingerprint density at radius 3 is 2.82 bits per heavy atom. The number of methoxy groups -OCH3 is 2. The highest BCUT2D eigenvalue weighted by molar-refractivity contribution is 6.04. The van der Waals surface area contributed by atoms with Crippen LogP contribution in [0.3, 0.4) is 0 Å². The smallest absolute Gasteiger partial charge is 0.278 e. The Morgan fingerprint density at radius 2 is 2.05 bits per heavy atom. The van der Waals surface area contributed by atoms with Crippen molar-refractivity contribution in [2.24, 2.45) is 0 Å². The molecule has 1 aromatic carbocycles. The second kappa shape index (κ2) is 6.09. The van der Waals surface area contributed by atoms with Crippen molar-refractivity contribution in [3.05, 3.63) is 35.2 Å². The van der Waals surface area contributed by atoms with Gasteiger partial charge in [0.1, 0.15) is 17.3 Å². The van der Waals surface area contributed by atoms with E-state index in [1.165, 1.54) is 0 Å². The predicted octanol–water partition coefficient (Wildman–Crippen LogP) is 2.82. The van der Waals surface area contributed by atoms with Crippen molar-refractivity contribution in [2.45, 2.75) is 25.7 Å². The van der Waals surface area contributed by atoms with Crippen LogP contribution in [0.4, 0.5) is 5.69 Å². The monoisotopic (exact) mass is 302 g/mol. The first-order valence-corrected chi connectivity index (χ1v) is 7.23. The van der Waals surface area contributed by atoms with E-state index in [-0.39, 0.29) is 5.91 Å². The maximum atomic E-state index is 12.4. The van der Waals surface area contributed by atoms with Gasteiger partial charge in [-0.25, -0.2) is 0 Å². The lowest BCUT2D eigenvalue weighted by Gasteiger charge is -2.12. The molecule has 0 saturated heterocycles. The normalized spacial score (nSPS) is 13.4. The number of hydrogen-bond donors (Lipinski definition) is 1. The summed E-state index contributed by atoms with van der Waals surface area (Å²) in [5.74, 6) is 1.74. The predicted molar refractivity (Wildman–Crippen MR) is 80.6 cm³/mol. The highest BCUT2D eigenvalue weighted by atomic mass is 16.5. The number of amides is 1. The van der Waals surface area contributed by atoms with Crippen molar-refractivity contribution in [3.8, 4) is 11.5 Å². The fourth-order valence-electron chi connectivity index (χ4n) is 2.65. The highest BCUT2D eigenvalue weighted by Gasteiger charge is 2.24. The fourth-order valence-corrected chi connectivity index (χ4v) is 2.65. The Bertz CT molecular complexity index is 693. The lowest BCUT2D eigenvalue weighted by molar-refractivity contribution is 0.101. The average molecular weight is 302 g/mol. The summed E-state index contributed by atoms with van der Waals surface area (Å²) in [6.07, 6.45) is 3.82. The number of aryl methyl sites for hydroxylation is 1. The van der Waals surface area contributed by atoms with Crippen LogP contribution in [0.2, 0.25) is 0 Å². The molecule has 6 heteroatoms. The number of hydrogen-bond acceptors (Lipinski definition) is 5. The number of nitrogens with zero attached hydrogens (tertiary/aromatic N) is 1. The van der Waals surface area contributed by atoms with E-state index >= 15 is 0 Å². The van der Waals surface area contributed by atoms with Gasteiger partial charge in [0.15, 0.2) is 5.69 Å². The Hall–Kier alpha value is -2.50. The molecule has 2 aromatic rings. The van der Waals surface area contributed by atoms with Crippen LogP contribution in [-0.2, 0) is 12.8 Å². The summed E-state index contributed by atoms with van der Waals surface area (Å²) in [6.45, 7) is 0. The molecule has 0 fully saturated rings. The zero-order valence-corrected chi connectivity index (χ0v) is 12.6. The number of nitrogens with one attached hydrogen (secondary N) is 1. The molecular weight excluding hydrogens is 284 g/mol. The first-order valence-electron chi connectivity index (χ1n) is 7.23. The number of aromatic nitrogens is 1. The Balaban J connectivity index is 1.84. The van der Waals surface area contributed by atoms with Crippen LogP contribution < -0.4 is 14.8 Å². The van der Waals surface area contributed by atoms with E-state index in [1.54, 1.807) is 32.4 Å². The molecule has 1 aliphatic carbocycles. The first-order chi connectivity index (χ1) is 10.7. The summed E-state index contributed by atoms with van der Waals surface area (Å²) in [5, 5.41) is 6.75. The minimum atomic E-state index is -0.282. The minimum Gasteiger partial charge on any atom is -0.497 e. The van der Waals surface area contributed by atoms with Crippen LogP contribution in [0.15, 0.2) is 22.7 Å². The summed E-state index contributed by atoms with van der Waals surface area (Å²) in [4.78, 5) is 12.4. The summed E-state index contributed by atoms with van der Waals surface area (Å²) in [5.41, 5.74) is 1.87. The van der Waals surface area contributed by atoms with Crippen LogP contribution in [0, 0.1) is 0 Å². The van der Waals surface area contributed by atoms with E-state index in [2.05, 4.69) is 10.5 Å². The van der Waals surface area contributed by atoms with Crippen LogP contribution in [-0.4, -0.2) is 25.3 Å². The molecule has 0 unspecified atom stereocenters. The zero-order valence-electron chi connectivity index (χ0n) is 12.6. The maximum absolute atomic E-state index is 12.4. The molecule has 116 valence electrons. The molecule has 0 radical (unpaired) electrons. The van der Waals surface area contributed by atoms with Gasteiger partial charge in [-0.3, -0.25) is 4.79 Å². The zero-order chi connectivity index (χ0) is 15.5. The van der Waals surface area contributed by atoms with Crippen molar-refractivity contribution in [3.63, 3.8) is 0 Å². The fraction of sp³-hybridized carbons (Fsp3) is 0.375. The number of anilines is 1. The Morgan fingerprint density at radius 1 is 1.23 bits per heavy atom. The minimum absolute atomic E-state index is 0.282. The molecule has 1 N–H and O–H groups in total. The number of benzene rings is 1. The standard InChI is InChI=1S/C16H18N2O4/c1-20-10-7-8-12(14(9-10)21-2)17-16(19)15-11-5-3-4-6-13(11)22-18-15/h7-9H,3-6H2,1-2H3,(H,17,19). The van der Waals surface area contributed by atoms with Gasteiger partial charge in [-0.1, -0.05) is 5.16 Å². The second-order valence-corrected chi connectivity index (χ2v) is 5.16. The van der Waals surface area contributed by atoms with E-state index in [1.807, 2.05) is 0 Å². The lowest BCUT2D eigenvalue weighted by atomic mass is 9.96. The van der Waals surface area contributed by atoms with E-state index in [0.29, 0.717) is 22.9 Å². The second-order valence-electron chi connectivity index (χ2n) is 5.16. The van der Waals surface area contributed by atoms with Gasteiger partial charge in [0.2, 0.25) is 0 Å². The maximum Gasteiger partial charge on any atom is 0.278 e. The van der Waals surface area contributed by atoms with E-state index < -0.39 is 0 Å². The topological polar surface area (TPSA) is 73.6 Å². The molecule has 1 aromatic heterocycles. The van der Waals surface area contributed by atoms with E-state index in [0.717, 1.165) is 37.0 Å². The Labute approximate surface area is 128 Å². The molecule has 0 bridgehead atoms. The molecule has 0 saturated carbocycles. The van der Waals surface area contributed by atoms with Crippen molar-refractivity contribution < 1.29 is 18.8 Å². The van der Waals surface area contributed by atoms with Gasteiger partial charge in [-0.15, -0.1) is 0 Å². The van der Waals surface area contributed by atoms with Gasteiger partial charge in [-0.05, 0) is 31.4 Å². The molecule has 3 rings (SSSR count). The molecule has 22 heavy (non-hydrogen) atoms. The molecule has 0 spiro atoms. The quantitative estimate of drug-likeness (QED) is 0.940. The van der Waals surface area contributed by atoms with Gasteiger partial charge in [-0.2, -0.15) is 0 Å². The molecule has 1 aliphatic rings. The summed E-state index contributed by atoms with van der Waals surface area (Å²) >= 11 is 0. The van der Waals surface area contributed by atoms with Gasteiger partial charge >= 0.3 is 0 Å². The summed E-state index contributed by atoms with van der Waals surface area (Å²) in [6, 6.07) is 5.21. The third kappa shape index (κ3) is 2.64. The Kier molecular flexibility index (Phi) is 4.00. The largest absolute Gasteiger partial charge is 0.497 e. The van der Waals surface area contributed by atoms with Gasteiger partial charge in [0.05, 0.1) is 19.9 Å². The number of carbonyl (C=O) groups is 1. The highest BCUT2D eigenvalue weighted by Crippen LogP contribution is 2.30. The van der Waals surface area contributed by atoms with Crippen LogP contribution >= 0.6 is 0 Å². The average Bonchev–Trinajstić information content (AvgIpc) is 2.99. The van der Waals surface area contributed by atoms with Crippen LogP contribution in [0.5, 0.6) is 11.5 Å². The first kappa shape index (κ1) is 14.4. The molecule has 1 amide bonds. The summed E-state index contributed by atoms with van der Waals surface area (Å²) in [7, 11) is 3.12. The van der Waals surface area contributed by atoms with Crippen LogP contribution in [0.25, 0.3) is 0 Å². The van der Waals surface area contributed by atoms with Gasteiger partial charge in [0.25, 0.3) is 5.91 Å². The van der Waals surface area contributed by atoms with Crippen molar-refractivity contribution in [2.75, 3.05) is 19.5 Å². The molecule has 1 heterocycles. The number of rotatable bonds is 4. The number of fused-ring (bicyclic) bond motifs is 1. The third-order valence-corrected chi connectivity index (χ3v) is 3.82.